The Morgan fingerprint density at radius 3 is 1.70 bits per heavy atom. The van der Waals surface area contributed by atoms with E-state index in [2.05, 4.69) is 53.1 Å². The molecule has 0 atom stereocenters. The highest BCUT2D eigenvalue weighted by atomic mass is 35.5. The predicted octanol–water partition coefficient (Wildman–Crippen LogP) is 10.1. The van der Waals surface area contributed by atoms with Gasteiger partial charge in [0.15, 0.2) is 0 Å². The summed E-state index contributed by atoms with van der Waals surface area (Å²) >= 11 is 18.7. The molecule has 0 saturated carbocycles. The molecule has 6 nitrogen and oxygen atoms in total. The van der Waals surface area contributed by atoms with Crippen molar-refractivity contribution in [2.75, 3.05) is 51.0 Å². The van der Waals surface area contributed by atoms with Crippen molar-refractivity contribution in [1.29, 1.82) is 0 Å². The van der Waals surface area contributed by atoms with Gasteiger partial charge in [0, 0.05) is 36.7 Å². The minimum absolute atomic E-state index is 0.349. The number of hydrogen-bond acceptors (Lipinski definition) is 11. The van der Waals surface area contributed by atoms with E-state index in [-0.39, 0.29) is 6.09 Å². The molecule has 2 aliphatic heterocycles. The Morgan fingerprint density at radius 1 is 0.682 bits per heavy atom. The standard InChI is InChI=1S/C30H41ClN2O4S7/c1-38-24-23(41-27(42-24)28-43-25(39-2)26(40-3)44-28)17-12-13-19-32-29(34)36-21-14-10-8-6-4-5-7-9-11-15-22-37-30(35)33-20-16-18-31/h8-22H2,1-3H3,(H,32,34)(H,33,35). The summed E-state index contributed by atoms with van der Waals surface area (Å²) in [4.78, 5) is 24.8. The molecule has 0 aromatic heterocycles. The van der Waals surface area contributed by atoms with Gasteiger partial charge in [-0.3, -0.25) is 0 Å². The van der Waals surface area contributed by atoms with Crippen LogP contribution in [-0.4, -0.2) is 63.1 Å². The predicted molar refractivity (Wildman–Crippen MR) is 203 cm³/mol. The monoisotopic (exact) mass is 752 g/mol. The van der Waals surface area contributed by atoms with Crippen LogP contribution in [0, 0.1) is 23.7 Å². The van der Waals surface area contributed by atoms with E-state index in [1.54, 1.807) is 0 Å². The molecule has 0 fully saturated rings. The number of carbonyl (C=O) groups is 2. The lowest BCUT2D eigenvalue weighted by molar-refractivity contribution is 0.143. The van der Waals surface area contributed by atoms with Crippen molar-refractivity contribution in [3.05, 3.63) is 26.1 Å². The second-order valence-electron chi connectivity index (χ2n) is 9.02. The third-order valence-corrected chi connectivity index (χ3v) is 15.7. The molecule has 244 valence electrons. The zero-order chi connectivity index (χ0) is 31.8. The largest absolute Gasteiger partial charge is 0.450 e. The molecule has 0 aliphatic carbocycles. The number of allylic oxidation sites excluding steroid dienone is 1. The Morgan fingerprint density at radius 2 is 1.18 bits per heavy atom. The molecule has 44 heavy (non-hydrogen) atoms. The van der Waals surface area contributed by atoms with Crippen molar-refractivity contribution in [1.82, 2.24) is 10.6 Å². The van der Waals surface area contributed by atoms with Crippen LogP contribution >= 0.6 is 93.9 Å². The lowest BCUT2D eigenvalue weighted by Crippen LogP contribution is -2.25. The van der Waals surface area contributed by atoms with Crippen LogP contribution in [0.1, 0.15) is 64.2 Å². The minimum Gasteiger partial charge on any atom is -0.450 e. The highest BCUT2D eigenvalue weighted by Crippen LogP contribution is 2.64. The van der Waals surface area contributed by atoms with Crippen LogP contribution in [0.4, 0.5) is 9.59 Å². The zero-order valence-electron chi connectivity index (χ0n) is 25.5. The topological polar surface area (TPSA) is 76.7 Å². The average Bonchev–Trinajstić information content (AvgIpc) is 3.65. The second-order valence-corrected chi connectivity index (χ2v) is 17.3. The number of rotatable bonds is 19. The number of thioether (sulfide) groups is 7. The molecule has 2 aliphatic rings. The Bertz CT molecular complexity index is 1140. The van der Waals surface area contributed by atoms with Crippen LogP contribution in [0.3, 0.4) is 0 Å². The summed E-state index contributed by atoms with van der Waals surface area (Å²) in [6.07, 6.45) is 14.1. The van der Waals surface area contributed by atoms with Crippen molar-refractivity contribution in [2.45, 2.75) is 64.2 Å². The van der Waals surface area contributed by atoms with Crippen molar-refractivity contribution in [2.24, 2.45) is 0 Å². The summed E-state index contributed by atoms with van der Waals surface area (Å²) in [6.45, 7) is 1.93. The van der Waals surface area contributed by atoms with Gasteiger partial charge < -0.3 is 20.1 Å². The summed E-state index contributed by atoms with van der Waals surface area (Å²) in [5.41, 5.74) is 0. The number of hydrogen-bond donors (Lipinski definition) is 2. The summed E-state index contributed by atoms with van der Waals surface area (Å²) < 4.78 is 17.4. The molecule has 0 bridgehead atoms. The van der Waals surface area contributed by atoms with E-state index in [1.165, 1.54) is 26.1 Å². The van der Waals surface area contributed by atoms with Crippen LogP contribution in [-0.2, 0) is 9.47 Å². The smallest absolute Gasteiger partial charge is 0.407 e. The van der Waals surface area contributed by atoms with Gasteiger partial charge in [0.05, 0.1) is 34.4 Å². The Labute approximate surface area is 298 Å². The van der Waals surface area contributed by atoms with Gasteiger partial charge in [-0.15, -0.1) is 46.9 Å². The fraction of sp³-hybridized carbons (Fsp3) is 0.600. The average molecular weight is 754 g/mol. The number of alkyl halides is 1. The van der Waals surface area contributed by atoms with E-state index in [0.29, 0.717) is 32.2 Å². The van der Waals surface area contributed by atoms with Crippen LogP contribution < -0.4 is 10.6 Å². The normalized spacial score (nSPS) is 14.3. The number of halogens is 1. The molecule has 0 spiro atoms. The minimum atomic E-state index is -0.401. The van der Waals surface area contributed by atoms with Gasteiger partial charge in [0.2, 0.25) is 0 Å². The summed E-state index contributed by atoms with van der Waals surface area (Å²) in [5.74, 6) is 12.3. The van der Waals surface area contributed by atoms with Gasteiger partial charge in [0.25, 0.3) is 0 Å². The van der Waals surface area contributed by atoms with Crippen molar-refractivity contribution < 1.29 is 19.1 Å². The first-order valence-corrected chi connectivity index (χ1v) is 21.9. The Hall–Kier alpha value is -0.380. The highest BCUT2D eigenvalue weighted by molar-refractivity contribution is 8.43. The van der Waals surface area contributed by atoms with E-state index in [4.69, 9.17) is 21.1 Å². The summed E-state index contributed by atoms with van der Waals surface area (Å²) in [6, 6.07) is 0. The van der Waals surface area contributed by atoms with Crippen molar-refractivity contribution >= 4 is 106 Å². The number of unbranched alkanes of at least 4 members (excludes halogenated alkanes) is 5. The fourth-order valence-electron chi connectivity index (χ4n) is 3.45. The third kappa shape index (κ3) is 17.0. The molecule has 2 N–H and O–H groups in total. The molecule has 0 saturated heterocycles. The van der Waals surface area contributed by atoms with Gasteiger partial charge in [-0.05, 0) is 82.0 Å². The van der Waals surface area contributed by atoms with Crippen LogP contribution in [0.5, 0.6) is 0 Å². The number of carbonyl (C=O) groups excluding carboxylic acids is 2. The van der Waals surface area contributed by atoms with E-state index >= 15 is 0 Å². The number of amides is 2. The molecule has 2 rings (SSSR count). The fourth-order valence-corrected chi connectivity index (χ4v) is 12.8. The van der Waals surface area contributed by atoms with Crippen LogP contribution in [0.25, 0.3) is 0 Å². The maximum Gasteiger partial charge on any atom is 0.407 e. The molecule has 2 heterocycles. The lowest BCUT2D eigenvalue weighted by Gasteiger charge is -2.07. The molecule has 0 aromatic rings. The first kappa shape index (κ1) is 39.8. The molecular formula is C30H41ClN2O4S7. The van der Waals surface area contributed by atoms with Gasteiger partial charge in [-0.2, -0.15) is 0 Å². The first-order chi connectivity index (χ1) is 21.5. The first-order valence-electron chi connectivity index (χ1n) is 14.4. The highest BCUT2D eigenvalue weighted by Gasteiger charge is 2.29. The van der Waals surface area contributed by atoms with Gasteiger partial charge in [0.1, 0.15) is 0 Å². The summed E-state index contributed by atoms with van der Waals surface area (Å²) in [7, 11) is 0. The maximum absolute atomic E-state index is 12.0. The van der Waals surface area contributed by atoms with E-state index in [1.807, 2.05) is 82.3 Å². The lowest BCUT2D eigenvalue weighted by atomic mass is 10.2. The van der Waals surface area contributed by atoms with Crippen molar-refractivity contribution in [3.63, 3.8) is 0 Å². The van der Waals surface area contributed by atoms with E-state index in [0.717, 1.165) is 64.2 Å². The van der Waals surface area contributed by atoms with Crippen molar-refractivity contribution in [3.8, 4) is 23.7 Å². The number of nitrogens with one attached hydrogen (secondary N) is 2. The molecule has 0 unspecified atom stereocenters. The molecule has 0 aromatic carbocycles. The summed E-state index contributed by atoms with van der Waals surface area (Å²) in [5, 5.41) is 5.51. The molecule has 14 heteroatoms. The maximum atomic E-state index is 12.0. The van der Waals surface area contributed by atoms with Gasteiger partial charge in [-0.1, -0.05) is 58.9 Å². The molecule has 2 amide bonds. The van der Waals surface area contributed by atoms with Crippen LogP contribution in [0.15, 0.2) is 26.1 Å². The van der Waals surface area contributed by atoms with E-state index in [9.17, 15) is 9.59 Å². The Balaban J connectivity index is 1.45. The quantitative estimate of drug-likeness (QED) is 0.0752. The zero-order valence-corrected chi connectivity index (χ0v) is 31.9. The Kier molecular flexibility index (Phi) is 23.2. The second kappa shape index (κ2) is 25.7. The SMILES string of the molecule is CSC1=C(CCCCNC(=O)OCCCCC#CC#CCCCCOC(=O)NCCCCl)SC(=C2SC(SC)=C(SC)S2)S1. The molecule has 0 radical (unpaired) electrons. The van der Waals surface area contributed by atoms with E-state index < -0.39 is 6.09 Å². The number of alkyl carbamates (subject to hydrolysis) is 2. The van der Waals surface area contributed by atoms with Gasteiger partial charge in [-0.25, -0.2) is 9.59 Å². The van der Waals surface area contributed by atoms with Crippen LogP contribution in [0.2, 0.25) is 0 Å². The third-order valence-electron chi connectivity index (χ3n) is 5.67. The molecular weight excluding hydrogens is 712 g/mol. The number of ether oxygens (including phenoxy) is 2. The van der Waals surface area contributed by atoms with Gasteiger partial charge >= 0.3 is 12.2 Å².